The van der Waals surface area contributed by atoms with E-state index in [4.69, 9.17) is 4.98 Å². The Morgan fingerprint density at radius 1 is 1.09 bits per heavy atom. The molecule has 0 radical (unpaired) electrons. The fraction of sp³-hybridized carbons (Fsp3) is 0.471. The quantitative estimate of drug-likeness (QED) is 0.689. The first-order valence-electron chi connectivity index (χ1n) is 8.26. The zero-order valence-corrected chi connectivity index (χ0v) is 14.2. The zero-order chi connectivity index (χ0) is 15.6. The van der Waals surface area contributed by atoms with E-state index in [1.165, 1.54) is 32.4 Å². The minimum absolute atomic E-state index is 0.783. The van der Waals surface area contributed by atoms with Crippen LogP contribution >= 0.6 is 11.8 Å². The van der Waals surface area contributed by atoms with Crippen LogP contribution in [0.15, 0.2) is 29.4 Å². The molecule has 2 aromatic heterocycles. The van der Waals surface area contributed by atoms with Gasteiger partial charge in [-0.15, -0.1) is 10.2 Å². The molecule has 4 rings (SSSR count). The third kappa shape index (κ3) is 2.93. The van der Waals surface area contributed by atoms with E-state index in [0.29, 0.717) is 0 Å². The van der Waals surface area contributed by atoms with E-state index in [-0.39, 0.29) is 0 Å². The van der Waals surface area contributed by atoms with Crippen molar-refractivity contribution >= 4 is 33.8 Å². The standard InChI is InChI=1S/C17H21N5S/c1-21-14-8-4-3-7-13(14)15-16(21)19-20-17(18-15)23-12-11-22-9-5-2-6-10-22/h3-4,7-8H,2,5-6,9-12H2,1H3. The lowest BCUT2D eigenvalue weighted by atomic mass is 10.1. The van der Waals surface area contributed by atoms with Gasteiger partial charge in [-0.25, -0.2) is 4.98 Å². The predicted molar refractivity (Wildman–Crippen MR) is 94.8 cm³/mol. The van der Waals surface area contributed by atoms with Crippen molar-refractivity contribution in [2.24, 2.45) is 7.05 Å². The van der Waals surface area contributed by atoms with Gasteiger partial charge in [-0.1, -0.05) is 36.4 Å². The lowest BCUT2D eigenvalue weighted by Gasteiger charge is -2.25. The molecule has 5 nitrogen and oxygen atoms in total. The van der Waals surface area contributed by atoms with Gasteiger partial charge in [-0.05, 0) is 32.0 Å². The van der Waals surface area contributed by atoms with Gasteiger partial charge in [-0.3, -0.25) is 0 Å². The van der Waals surface area contributed by atoms with E-state index in [9.17, 15) is 0 Å². The van der Waals surface area contributed by atoms with Gasteiger partial charge in [0, 0.05) is 24.7 Å². The summed E-state index contributed by atoms with van der Waals surface area (Å²) < 4.78 is 2.06. The summed E-state index contributed by atoms with van der Waals surface area (Å²) in [5.41, 5.74) is 2.96. The Bertz CT molecular complexity index is 822. The first-order valence-corrected chi connectivity index (χ1v) is 9.24. The monoisotopic (exact) mass is 327 g/mol. The summed E-state index contributed by atoms with van der Waals surface area (Å²) in [6.07, 6.45) is 4.06. The molecule has 1 aliphatic rings. The van der Waals surface area contributed by atoms with Crippen LogP contribution < -0.4 is 0 Å². The topological polar surface area (TPSA) is 46.8 Å². The fourth-order valence-electron chi connectivity index (χ4n) is 3.30. The highest BCUT2D eigenvalue weighted by Gasteiger charge is 2.13. The number of rotatable bonds is 4. The van der Waals surface area contributed by atoms with E-state index in [0.717, 1.165) is 39.5 Å². The number of nitrogens with zero attached hydrogens (tertiary/aromatic N) is 5. The van der Waals surface area contributed by atoms with Gasteiger partial charge in [0.15, 0.2) is 5.65 Å². The third-order valence-corrected chi connectivity index (χ3v) is 5.39. The molecule has 120 valence electrons. The number of hydrogen-bond donors (Lipinski definition) is 0. The second-order valence-corrected chi connectivity index (χ2v) is 7.16. The summed E-state index contributed by atoms with van der Waals surface area (Å²) >= 11 is 1.71. The second kappa shape index (κ2) is 6.45. The Hall–Kier alpha value is -1.66. The summed E-state index contributed by atoms with van der Waals surface area (Å²) in [4.78, 5) is 7.30. The van der Waals surface area contributed by atoms with Crippen LogP contribution in [0.3, 0.4) is 0 Å². The van der Waals surface area contributed by atoms with Crippen LogP contribution in [0.4, 0.5) is 0 Å². The highest BCUT2D eigenvalue weighted by molar-refractivity contribution is 7.99. The van der Waals surface area contributed by atoms with Crippen LogP contribution in [0.5, 0.6) is 0 Å². The average molecular weight is 327 g/mol. The van der Waals surface area contributed by atoms with E-state index >= 15 is 0 Å². The van der Waals surface area contributed by atoms with Gasteiger partial charge < -0.3 is 9.47 Å². The highest BCUT2D eigenvalue weighted by atomic mass is 32.2. The SMILES string of the molecule is Cn1c2ccccc2c2nc(SCCN3CCCCC3)nnc21. The molecule has 1 aromatic carbocycles. The Morgan fingerprint density at radius 3 is 2.78 bits per heavy atom. The van der Waals surface area contributed by atoms with Crippen molar-refractivity contribution in [1.29, 1.82) is 0 Å². The molecule has 0 unspecified atom stereocenters. The van der Waals surface area contributed by atoms with Crippen molar-refractivity contribution in [2.45, 2.75) is 24.4 Å². The fourth-order valence-corrected chi connectivity index (χ4v) is 4.09. The van der Waals surface area contributed by atoms with E-state index in [1.54, 1.807) is 11.8 Å². The summed E-state index contributed by atoms with van der Waals surface area (Å²) in [6.45, 7) is 3.59. The van der Waals surface area contributed by atoms with Gasteiger partial charge in [-0.2, -0.15) is 0 Å². The number of likely N-dealkylation sites (tertiary alicyclic amines) is 1. The minimum atomic E-state index is 0.783. The van der Waals surface area contributed by atoms with Gasteiger partial charge >= 0.3 is 0 Å². The smallest absolute Gasteiger partial charge is 0.209 e. The molecule has 1 fully saturated rings. The molecular weight excluding hydrogens is 306 g/mol. The number of aryl methyl sites for hydroxylation is 1. The van der Waals surface area contributed by atoms with Crippen LogP contribution in [0.2, 0.25) is 0 Å². The van der Waals surface area contributed by atoms with Gasteiger partial charge in [0.25, 0.3) is 0 Å². The maximum Gasteiger partial charge on any atom is 0.209 e. The Kier molecular flexibility index (Phi) is 4.18. The molecule has 1 saturated heterocycles. The van der Waals surface area contributed by atoms with E-state index in [1.807, 2.05) is 19.2 Å². The van der Waals surface area contributed by atoms with E-state index < -0.39 is 0 Å². The zero-order valence-electron chi connectivity index (χ0n) is 13.4. The first-order chi connectivity index (χ1) is 11.3. The Balaban J connectivity index is 1.53. The van der Waals surface area contributed by atoms with Crippen LogP contribution in [-0.2, 0) is 7.05 Å². The molecule has 3 heterocycles. The minimum Gasteiger partial charge on any atom is -0.326 e. The lowest BCUT2D eigenvalue weighted by Crippen LogP contribution is -2.31. The molecule has 0 saturated carbocycles. The number of benzene rings is 1. The van der Waals surface area contributed by atoms with Crippen LogP contribution in [0, 0.1) is 0 Å². The molecule has 23 heavy (non-hydrogen) atoms. The highest BCUT2D eigenvalue weighted by Crippen LogP contribution is 2.26. The Labute approximate surface area is 140 Å². The van der Waals surface area contributed by atoms with Crippen molar-refractivity contribution in [3.05, 3.63) is 24.3 Å². The molecule has 0 N–H and O–H groups in total. The van der Waals surface area contributed by atoms with Crippen molar-refractivity contribution in [1.82, 2.24) is 24.6 Å². The molecule has 3 aromatic rings. The first kappa shape index (κ1) is 14.9. The largest absolute Gasteiger partial charge is 0.326 e. The molecular formula is C17H21N5S. The summed E-state index contributed by atoms with van der Waals surface area (Å²) in [5, 5.41) is 10.6. The molecule has 0 amide bonds. The molecule has 0 bridgehead atoms. The molecule has 0 aliphatic carbocycles. The average Bonchev–Trinajstić information content (AvgIpc) is 2.89. The molecule has 0 atom stereocenters. The second-order valence-electron chi connectivity index (χ2n) is 6.09. The molecule has 6 heteroatoms. The van der Waals surface area contributed by atoms with Crippen molar-refractivity contribution < 1.29 is 0 Å². The van der Waals surface area contributed by atoms with Gasteiger partial charge in [0.05, 0.1) is 5.52 Å². The molecule has 1 aliphatic heterocycles. The van der Waals surface area contributed by atoms with Crippen LogP contribution in [-0.4, -0.2) is 50.0 Å². The van der Waals surface area contributed by atoms with Crippen LogP contribution in [0.1, 0.15) is 19.3 Å². The van der Waals surface area contributed by atoms with Gasteiger partial charge in [0.1, 0.15) is 5.52 Å². The summed E-state index contributed by atoms with van der Waals surface area (Å²) in [6, 6.07) is 8.30. The molecule has 0 spiro atoms. The maximum absolute atomic E-state index is 4.76. The Morgan fingerprint density at radius 2 is 1.91 bits per heavy atom. The normalized spacial score (nSPS) is 16.4. The number of piperidine rings is 1. The summed E-state index contributed by atoms with van der Waals surface area (Å²) in [7, 11) is 2.02. The van der Waals surface area contributed by atoms with Gasteiger partial charge in [0.2, 0.25) is 5.16 Å². The maximum atomic E-state index is 4.76. The lowest BCUT2D eigenvalue weighted by molar-refractivity contribution is 0.242. The van der Waals surface area contributed by atoms with Crippen molar-refractivity contribution in [3.8, 4) is 0 Å². The number of thioether (sulfide) groups is 1. The van der Waals surface area contributed by atoms with Crippen LogP contribution in [0.25, 0.3) is 22.1 Å². The number of hydrogen-bond acceptors (Lipinski definition) is 5. The van der Waals surface area contributed by atoms with E-state index in [2.05, 4.69) is 31.8 Å². The number of fused-ring (bicyclic) bond motifs is 3. The third-order valence-electron chi connectivity index (χ3n) is 4.58. The van der Waals surface area contributed by atoms with Crippen molar-refractivity contribution in [2.75, 3.05) is 25.4 Å². The van der Waals surface area contributed by atoms with Crippen molar-refractivity contribution in [3.63, 3.8) is 0 Å². The predicted octanol–water partition coefficient (Wildman–Crippen LogP) is 3.09. The number of para-hydroxylation sites is 1. The summed E-state index contributed by atoms with van der Waals surface area (Å²) in [5.74, 6) is 1.03. The number of aromatic nitrogens is 4.